The molecule has 2 aromatic carbocycles. The molecule has 3 nitrogen and oxygen atoms in total. The summed E-state index contributed by atoms with van der Waals surface area (Å²) in [5.41, 5.74) is 10.0. The van der Waals surface area contributed by atoms with Gasteiger partial charge in [0.15, 0.2) is 0 Å². The van der Waals surface area contributed by atoms with E-state index in [2.05, 4.69) is 40.1 Å². The Balaban J connectivity index is 1.79. The molecule has 0 fully saturated rings. The van der Waals surface area contributed by atoms with E-state index in [4.69, 9.17) is 0 Å². The van der Waals surface area contributed by atoms with Crippen molar-refractivity contribution in [1.82, 2.24) is 5.43 Å². The van der Waals surface area contributed by atoms with Crippen molar-refractivity contribution in [2.75, 3.05) is 12.0 Å². The van der Waals surface area contributed by atoms with Gasteiger partial charge in [0.05, 0.1) is 5.69 Å². The van der Waals surface area contributed by atoms with Gasteiger partial charge in [0.2, 0.25) is 0 Å². The average Bonchev–Trinajstić information content (AvgIpc) is 2.68. The molecule has 0 unspecified atom stereocenters. The highest BCUT2D eigenvalue weighted by Gasteiger charge is 2.11. The van der Waals surface area contributed by atoms with E-state index in [0.29, 0.717) is 0 Å². The van der Waals surface area contributed by atoms with Gasteiger partial charge in [-0.2, -0.15) is 0 Å². The van der Waals surface area contributed by atoms with Crippen LogP contribution < -0.4 is 10.9 Å². The lowest BCUT2D eigenvalue weighted by Crippen LogP contribution is -2.30. The van der Waals surface area contributed by atoms with Crippen molar-refractivity contribution >= 4 is 11.5 Å². The number of hydrazine groups is 1. The zero-order valence-corrected chi connectivity index (χ0v) is 10.8. The van der Waals surface area contributed by atoms with Crippen molar-refractivity contribution in [1.29, 1.82) is 0 Å². The number of hydrogen-bond acceptors (Lipinski definition) is 3. The lowest BCUT2D eigenvalue weighted by molar-refractivity contribution is 0.842. The molecule has 0 bridgehead atoms. The molecule has 0 aliphatic carbocycles. The molecule has 1 aliphatic rings. The van der Waals surface area contributed by atoms with Crippen molar-refractivity contribution < 1.29 is 0 Å². The first kappa shape index (κ1) is 11.8. The van der Waals surface area contributed by atoms with Crippen molar-refractivity contribution in [3.63, 3.8) is 0 Å². The molecule has 3 heteroatoms. The van der Waals surface area contributed by atoms with Crippen molar-refractivity contribution in [3.05, 3.63) is 65.7 Å². The molecule has 0 radical (unpaired) electrons. The molecule has 19 heavy (non-hydrogen) atoms. The number of rotatable bonds is 2. The van der Waals surface area contributed by atoms with Crippen LogP contribution in [0.3, 0.4) is 0 Å². The predicted molar refractivity (Wildman–Crippen MR) is 79.4 cm³/mol. The summed E-state index contributed by atoms with van der Waals surface area (Å²) in [5, 5.41) is 0. The maximum atomic E-state index is 4.62. The Hall–Kier alpha value is -2.29. The smallest absolute Gasteiger partial charge is 0.147 e. The second-order valence-corrected chi connectivity index (χ2v) is 4.61. The largest absolute Gasteiger partial charge is 0.300 e. The Morgan fingerprint density at radius 1 is 0.842 bits per heavy atom. The first-order valence-corrected chi connectivity index (χ1v) is 6.63. The van der Waals surface area contributed by atoms with Crippen LogP contribution in [0.15, 0.2) is 59.6 Å². The van der Waals surface area contributed by atoms with Crippen molar-refractivity contribution in [2.45, 2.75) is 12.8 Å². The monoisotopic (exact) mass is 251 g/mol. The molecule has 0 amide bonds. The van der Waals surface area contributed by atoms with Gasteiger partial charge in [-0.1, -0.05) is 42.5 Å². The zero-order chi connectivity index (χ0) is 12.9. The highest BCUT2D eigenvalue weighted by molar-refractivity contribution is 6.00. The molecule has 96 valence electrons. The Kier molecular flexibility index (Phi) is 3.45. The Morgan fingerprint density at radius 3 is 2.53 bits per heavy atom. The highest BCUT2D eigenvalue weighted by Crippen LogP contribution is 2.15. The van der Waals surface area contributed by atoms with Gasteiger partial charge in [-0.05, 0) is 30.5 Å². The van der Waals surface area contributed by atoms with Crippen LogP contribution in [0.25, 0.3) is 0 Å². The van der Waals surface area contributed by atoms with Crippen LogP contribution in [0.1, 0.15) is 17.5 Å². The molecule has 0 aromatic heterocycles. The van der Waals surface area contributed by atoms with Gasteiger partial charge in [0.25, 0.3) is 0 Å². The number of hydrogen-bond donors (Lipinski definition) is 2. The van der Waals surface area contributed by atoms with E-state index in [9.17, 15) is 0 Å². The van der Waals surface area contributed by atoms with E-state index in [1.165, 1.54) is 11.1 Å². The van der Waals surface area contributed by atoms with Crippen LogP contribution >= 0.6 is 0 Å². The number of benzene rings is 2. The van der Waals surface area contributed by atoms with Gasteiger partial charge in [-0.25, -0.2) is 0 Å². The fourth-order valence-corrected chi connectivity index (χ4v) is 2.27. The third kappa shape index (κ3) is 2.76. The average molecular weight is 251 g/mol. The van der Waals surface area contributed by atoms with Crippen LogP contribution in [-0.4, -0.2) is 12.4 Å². The number of anilines is 1. The summed E-state index contributed by atoms with van der Waals surface area (Å²) in [6.45, 7) is 0.869. The molecule has 0 saturated heterocycles. The molecular formula is C16H17N3. The fraction of sp³-hybridized carbons (Fsp3) is 0.188. The van der Waals surface area contributed by atoms with E-state index in [1.807, 2.05) is 30.3 Å². The fourth-order valence-electron chi connectivity index (χ4n) is 2.27. The SMILES string of the molecule is c1ccc(NNC2=NCCCc3ccccc32)cc1. The number of para-hydroxylation sites is 1. The number of fused-ring (bicyclic) bond motifs is 1. The lowest BCUT2D eigenvalue weighted by Gasteiger charge is -2.13. The quantitative estimate of drug-likeness (QED) is 0.805. The minimum Gasteiger partial charge on any atom is -0.300 e. The molecule has 2 N–H and O–H groups in total. The Bertz CT molecular complexity index is 576. The second-order valence-electron chi connectivity index (χ2n) is 4.61. The highest BCUT2D eigenvalue weighted by atomic mass is 15.4. The summed E-state index contributed by atoms with van der Waals surface area (Å²) in [5.74, 6) is 0.928. The summed E-state index contributed by atoms with van der Waals surface area (Å²) in [4.78, 5) is 4.62. The predicted octanol–water partition coefficient (Wildman–Crippen LogP) is 3.00. The van der Waals surface area contributed by atoms with E-state index in [1.54, 1.807) is 0 Å². The number of aryl methyl sites for hydroxylation is 1. The van der Waals surface area contributed by atoms with Crippen molar-refractivity contribution in [2.24, 2.45) is 4.99 Å². The van der Waals surface area contributed by atoms with Crippen LogP contribution in [0.5, 0.6) is 0 Å². The topological polar surface area (TPSA) is 36.4 Å². The van der Waals surface area contributed by atoms with E-state index in [0.717, 1.165) is 30.9 Å². The van der Waals surface area contributed by atoms with Gasteiger partial charge in [0.1, 0.15) is 5.84 Å². The number of nitrogens with zero attached hydrogens (tertiary/aromatic N) is 1. The molecule has 0 saturated carbocycles. The van der Waals surface area contributed by atoms with E-state index >= 15 is 0 Å². The Labute approximate surface area is 113 Å². The number of aliphatic imine (C=N–C) groups is 1. The molecule has 1 aliphatic heterocycles. The van der Waals surface area contributed by atoms with Gasteiger partial charge in [-0.15, -0.1) is 0 Å². The summed E-state index contributed by atoms with van der Waals surface area (Å²) in [7, 11) is 0. The third-order valence-electron chi connectivity index (χ3n) is 3.25. The lowest BCUT2D eigenvalue weighted by atomic mass is 10.0. The van der Waals surface area contributed by atoms with Crippen LogP contribution in [0.4, 0.5) is 5.69 Å². The van der Waals surface area contributed by atoms with Crippen LogP contribution in [-0.2, 0) is 6.42 Å². The molecule has 3 rings (SSSR count). The maximum absolute atomic E-state index is 4.62. The molecular weight excluding hydrogens is 234 g/mol. The number of amidine groups is 1. The summed E-state index contributed by atoms with van der Waals surface area (Å²) >= 11 is 0. The standard InChI is InChI=1S/C16H17N3/c1-2-9-14(10-3-1)18-19-16-15-11-5-4-7-13(15)8-6-12-17-16/h1-5,7,9-11,18H,6,8,12H2,(H,17,19). The first-order chi connectivity index (χ1) is 9.43. The summed E-state index contributed by atoms with van der Waals surface area (Å²) in [6.07, 6.45) is 2.20. The number of nitrogens with one attached hydrogen (secondary N) is 2. The first-order valence-electron chi connectivity index (χ1n) is 6.63. The summed E-state index contributed by atoms with van der Waals surface area (Å²) < 4.78 is 0. The summed E-state index contributed by atoms with van der Waals surface area (Å²) in [6, 6.07) is 18.5. The normalized spacial score (nSPS) is 14.0. The van der Waals surface area contributed by atoms with Gasteiger partial charge in [-0.3, -0.25) is 15.8 Å². The van der Waals surface area contributed by atoms with E-state index in [-0.39, 0.29) is 0 Å². The molecule has 2 aromatic rings. The maximum Gasteiger partial charge on any atom is 0.147 e. The van der Waals surface area contributed by atoms with E-state index < -0.39 is 0 Å². The van der Waals surface area contributed by atoms with Crippen molar-refractivity contribution in [3.8, 4) is 0 Å². The van der Waals surface area contributed by atoms with Gasteiger partial charge < -0.3 is 0 Å². The minimum absolute atomic E-state index is 0.869. The van der Waals surface area contributed by atoms with Crippen LogP contribution in [0.2, 0.25) is 0 Å². The second kappa shape index (κ2) is 5.57. The minimum atomic E-state index is 0.869. The third-order valence-corrected chi connectivity index (χ3v) is 3.25. The Morgan fingerprint density at radius 2 is 1.63 bits per heavy atom. The zero-order valence-electron chi connectivity index (χ0n) is 10.8. The molecule has 0 spiro atoms. The van der Waals surface area contributed by atoms with Gasteiger partial charge >= 0.3 is 0 Å². The van der Waals surface area contributed by atoms with Gasteiger partial charge in [0, 0.05) is 12.1 Å². The molecule has 0 atom stereocenters. The van der Waals surface area contributed by atoms with Crippen LogP contribution in [0, 0.1) is 0 Å². The molecule has 1 heterocycles.